The standard InChI is InChI=1S/C19H25F2N3O2/c20-14-3-2-13(8-15(14)21)24-7-4-12(11-24)10-23-17(26)19(22)9-16(25)18(19)5-1-6-18/h2-3,8,12,16,25H,1,4-7,9-11,22H2,(H,23,26)/t12?,16-,19-/m0/s1. The molecule has 1 aliphatic heterocycles. The number of amides is 1. The topological polar surface area (TPSA) is 78.6 Å². The minimum absolute atomic E-state index is 0.172. The molecule has 1 unspecified atom stereocenters. The number of hydrogen-bond donors (Lipinski definition) is 3. The van der Waals surface area contributed by atoms with Crippen LogP contribution in [0.3, 0.4) is 0 Å². The zero-order valence-electron chi connectivity index (χ0n) is 14.7. The fourth-order valence-electron chi connectivity index (χ4n) is 4.84. The minimum atomic E-state index is -0.955. The van der Waals surface area contributed by atoms with Gasteiger partial charge in [0.05, 0.1) is 6.10 Å². The highest BCUT2D eigenvalue weighted by atomic mass is 19.2. The maximum absolute atomic E-state index is 13.4. The van der Waals surface area contributed by atoms with Crippen molar-refractivity contribution in [2.24, 2.45) is 17.1 Å². The van der Waals surface area contributed by atoms with Gasteiger partial charge in [-0.3, -0.25) is 4.79 Å². The Kier molecular flexibility index (Phi) is 4.19. The molecule has 142 valence electrons. The second kappa shape index (κ2) is 6.16. The highest BCUT2D eigenvalue weighted by Gasteiger charge is 2.69. The number of anilines is 1. The molecule has 2 aliphatic carbocycles. The van der Waals surface area contributed by atoms with Gasteiger partial charge in [0, 0.05) is 43.2 Å². The van der Waals surface area contributed by atoms with E-state index in [0.717, 1.165) is 38.3 Å². The first kappa shape index (κ1) is 17.7. The van der Waals surface area contributed by atoms with Gasteiger partial charge in [-0.05, 0) is 37.3 Å². The zero-order valence-corrected chi connectivity index (χ0v) is 14.7. The Morgan fingerprint density at radius 2 is 2.12 bits per heavy atom. The first-order valence-corrected chi connectivity index (χ1v) is 9.31. The number of nitrogens with one attached hydrogen (secondary N) is 1. The van der Waals surface area contributed by atoms with Crippen LogP contribution >= 0.6 is 0 Å². The van der Waals surface area contributed by atoms with Crippen LogP contribution < -0.4 is 16.0 Å². The van der Waals surface area contributed by atoms with Crippen LogP contribution in [0.1, 0.15) is 32.1 Å². The second-order valence-corrected chi connectivity index (χ2v) is 8.11. The van der Waals surface area contributed by atoms with E-state index in [9.17, 15) is 18.7 Å². The molecule has 1 saturated heterocycles. The lowest BCUT2D eigenvalue weighted by molar-refractivity contribution is -0.192. The van der Waals surface area contributed by atoms with Crippen molar-refractivity contribution in [3.8, 4) is 0 Å². The van der Waals surface area contributed by atoms with Gasteiger partial charge in [0.1, 0.15) is 5.54 Å². The predicted molar refractivity (Wildman–Crippen MR) is 93.5 cm³/mol. The minimum Gasteiger partial charge on any atom is -0.392 e. The number of hydrogen-bond acceptors (Lipinski definition) is 4. The lowest BCUT2D eigenvalue weighted by Gasteiger charge is -2.64. The summed E-state index contributed by atoms with van der Waals surface area (Å²) in [6.45, 7) is 1.92. The van der Waals surface area contributed by atoms with Crippen LogP contribution in [0.4, 0.5) is 14.5 Å². The van der Waals surface area contributed by atoms with E-state index in [-0.39, 0.29) is 11.8 Å². The molecular formula is C19H25F2N3O2. The molecular weight excluding hydrogens is 340 g/mol. The summed E-state index contributed by atoms with van der Waals surface area (Å²) in [5.74, 6) is -1.64. The summed E-state index contributed by atoms with van der Waals surface area (Å²) < 4.78 is 26.5. The molecule has 1 amide bonds. The number of carbonyl (C=O) groups is 1. The van der Waals surface area contributed by atoms with Crippen LogP contribution in [-0.2, 0) is 4.79 Å². The zero-order chi connectivity index (χ0) is 18.5. The lowest BCUT2D eigenvalue weighted by Crippen LogP contribution is -2.79. The summed E-state index contributed by atoms with van der Waals surface area (Å²) in [4.78, 5) is 14.6. The maximum atomic E-state index is 13.4. The Bertz CT molecular complexity index is 725. The molecule has 1 spiro atoms. The molecule has 0 aromatic heterocycles. The SMILES string of the molecule is N[C@]1(C(=O)NCC2CCN(c3ccc(F)c(F)c3)C2)C[C@H](O)C12CCC2. The molecule has 1 heterocycles. The summed E-state index contributed by atoms with van der Waals surface area (Å²) >= 11 is 0. The molecule has 4 rings (SSSR count). The van der Waals surface area contributed by atoms with Gasteiger partial charge in [-0.25, -0.2) is 8.78 Å². The average molecular weight is 365 g/mol. The first-order chi connectivity index (χ1) is 12.4. The van der Waals surface area contributed by atoms with Crippen molar-refractivity contribution in [3.05, 3.63) is 29.8 Å². The van der Waals surface area contributed by atoms with Crippen LogP contribution in [-0.4, -0.2) is 42.3 Å². The smallest absolute Gasteiger partial charge is 0.240 e. The van der Waals surface area contributed by atoms with Gasteiger partial charge in [-0.15, -0.1) is 0 Å². The van der Waals surface area contributed by atoms with E-state index in [2.05, 4.69) is 5.32 Å². The fraction of sp³-hybridized carbons (Fsp3) is 0.632. The molecule has 7 heteroatoms. The Hall–Kier alpha value is -1.73. The average Bonchev–Trinajstić information content (AvgIpc) is 3.02. The fourth-order valence-corrected chi connectivity index (χ4v) is 4.84. The maximum Gasteiger partial charge on any atom is 0.240 e. The van der Waals surface area contributed by atoms with E-state index in [1.807, 2.05) is 4.90 Å². The van der Waals surface area contributed by atoms with E-state index in [4.69, 9.17) is 5.73 Å². The van der Waals surface area contributed by atoms with Crippen LogP contribution in [0.15, 0.2) is 18.2 Å². The van der Waals surface area contributed by atoms with E-state index in [1.54, 1.807) is 6.07 Å². The third-order valence-electron chi connectivity index (χ3n) is 6.80. The summed E-state index contributed by atoms with van der Waals surface area (Å²) in [7, 11) is 0. The van der Waals surface area contributed by atoms with Crippen molar-refractivity contribution in [1.29, 1.82) is 0 Å². The number of carbonyl (C=O) groups excluding carboxylic acids is 1. The highest BCUT2D eigenvalue weighted by Crippen LogP contribution is 2.60. The third-order valence-corrected chi connectivity index (χ3v) is 6.80. The summed E-state index contributed by atoms with van der Waals surface area (Å²) in [5.41, 5.74) is 5.63. The molecule has 4 N–H and O–H groups in total. The summed E-state index contributed by atoms with van der Waals surface area (Å²) in [6.07, 6.45) is 3.35. The van der Waals surface area contributed by atoms with E-state index < -0.39 is 28.7 Å². The number of rotatable bonds is 4. The van der Waals surface area contributed by atoms with Crippen molar-refractivity contribution in [2.75, 3.05) is 24.5 Å². The lowest BCUT2D eigenvalue weighted by atomic mass is 9.44. The molecule has 0 radical (unpaired) electrons. The monoisotopic (exact) mass is 365 g/mol. The largest absolute Gasteiger partial charge is 0.392 e. The molecule has 3 aliphatic rings. The van der Waals surface area contributed by atoms with Gasteiger partial charge in [-0.2, -0.15) is 0 Å². The van der Waals surface area contributed by atoms with Crippen LogP contribution in [0.5, 0.6) is 0 Å². The van der Waals surface area contributed by atoms with Crippen molar-refractivity contribution >= 4 is 11.6 Å². The van der Waals surface area contributed by atoms with Gasteiger partial charge < -0.3 is 21.1 Å². The van der Waals surface area contributed by atoms with Crippen molar-refractivity contribution < 1.29 is 18.7 Å². The Labute approximate surface area is 151 Å². The Balaban J connectivity index is 1.32. The van der Waals surface area contributed by atoms with E-state index >= 15 is 0 Å². The van der Waals surface area contributed by atoms with Crippen molar-refractivity contribution in [2.45, 2.75) is 43.7 Å². The molecule has 5 nitrogen and oxygen atoms in total. The number of nitrogens with two attached hydrogens (primary N) is 1. The van der Waals surface area contributed by atoms with Gasteiger partial charge >= 0.3 is 0 Å². The van der Waals surface area contributed by atoms with Gasteiger partial charge in [0.2, 0.25) is 5.91 Å². The quantitative estimate of drug-likeness (QED) is 0.756. The molecule has 2 saturated carbocycles. The number of benzene rings is 1. The number of aliphatic hydroxyl groups is 1. The van der Waals surface area contributed by atoms with Crippen LogP contribution in [0.25, 0.3) is 0 Å². The van der Waals surface area contributed by atoms with Gasteiger partial charge in [-0.1, -0.05) is 6.42 Å². The predicted octanol–water partition coefficient (Wildman–Crippen LogP) is 1.54. The Morgan fingerprint density at radius 3 is 2.73 bits per heavy atom. The molecule has 1 aromatic rings. The van der Waals surface area contributed by atoms with Crippen molar-refractivity contribution in [3.63, 3.8) is 0 Å². The molecule has 3 fully saturated rings. The molecule has 3 atom stereocenters. The first-order valence-electron chi connectivity index (χ1n) is 9.31. The Morgan fingerprint density at radius 1 is 1.35 bits per heavy atom. The van der Waals surface area contributed by atoms with Gasteiger partial charge in [0.25, 0.3) is 0 Å². The molecule has 0 bridgehead atoms. The van der Waals surface area contributed by atoms with E-state index in [0.29, 0.717) is 25.2 Å². The highest BCUT2D eigenvalue weighted by molar-refractivity contribution is 5.89. The number of halogens is 2. The third kappa shape index (κ3) is 2.52. The molecule has 1 aromatic carbocycles. The number of nitrogens with zero attached hydrogens (tertiary/aromatic N) is 1. The van der Waals surface area contributed by atoms with Crippen LogP contribution in [0, 0.1) is 23.0 Å². The van der Waals surface area contributed by atoms with E-state index in [1.165, 1.54) is 6.07 Å². The van der Waals surface area contributed by atoms with Crippen molar-refractivity contribution in [1.82, 2.24) is 5.32 Å². The normalized spacial score (nSPS) is 32.2. The summed E-state index contributed by atoms with van der Waals surface area (Å²) in [6, 6.07) is 3.92. The van der Waals surface area contributed by atoms with Gasteiger partial charge in [0.15, 0.2) is 11.6 Å². The number of aliphatic hydroxyl groups excluding tert-OH is 1. The summed E-state index contributed by atoms with van der Waals surface area (Å²) in [5, 5.41) is 13.0. The molecule has 26 heavy (non-hydrogen) atoms. The van der Waals surface area contributed by atoms with Crippen LogP contribution in [0.2, 0.25) is 0 Å². The second-order valence-electron chi connectivity index (χ2n) is 8.11.